The van der Waals surface area contributed by atoms with Crippen molar-refractivity contribution in [1.29, 1.82) is 0 Å². The molecule has 0 saturated carbocycles. The molecule has 1 fully saturated rings. The summed E-state index contributed by atoms with van der Waals surface area (Å²) in [5, 5.41) is 4.28. The molecule has 166 valence electrons. The Labute approximate surface area is 199 Å². The zero-order valence-electron chi connectivity index (χ0n) is 18.9. The highest BCUT2D eigenvalue weighted by molar-refractivity contribution is 7.80. The quantitative estimate of drug-likeness (QED) is 0.439. The Balaban J connectivity index is 1.62. The van der Waals surface area contributed by atoms with Crippen molar-refractivity contribution in [2.75, 3.05) is 0 Å². The first-order valence-corrected chi connectivity index (χ1v) is 11.4. The van der Waals surface area contributed by atoms with E-state index in [2.05, 4.69) is 68.7 Å². The first kappa shape index (κ1) is 21.3. The zero-order valence-corrected chi connectivity index (χ0v) is 19.8. The predicted molar refractivity (Wildman–Crippen MR) is 133 cm³/mol. The minimum Gasteiger partial charge on any atom is -0.352 e. The van der Waals surface area contributed by atoms with Gasteiger partial charge in [0.25, 0.3) is 0 Å². The Kier molecular flexibility index (Phi) is 5.64. The highest BCUT2D eigenvalue weighted by atomic mass is 32.1. The molecule has 0 radical (unpaired) electrons. The number of thiocarbonyl (C=S) groups is 1. The van der Waals surface area contributed by atoms with E-state index in [0.717, 1.165) is 33.6 Å². The summed E-state index contributed by atoms with van der Waals surface area (Å²) in [5.41, 5.74) is 6.83. The van der Waals surface area contributed by atoms with E-state index in [0.29, 0.717) is 6.54 Å². The predicted octanol–water partition coefficient (Wildman–Crippen LogP) is 4.76. The summed E-state index contributed by atoms with van der Waals surface area (Å²) in [7, 11) is 0. The largest absolute Gasteiger partial charge is 0.352 e. The molecular weight excluding hydrogens is 428 g/mol. The molecule has 0 spiro atoms. The first-order chi connectivity index (χ1) is 16.0. The minimum atomic E-state index is -0.0556. The van der Waals surface area contributed by atoms with E-state index >= 15 is 0 Å². The van der Waals surface area contributed by atoms with Gasteiger partial charge < -0.3 is 14.8 Å². The van der Waals surface area contributed by atoms with Gasteiger partial charge >= 0.3 is 0 Å². The van der Waals surface area contributed by atoms with Crippen molar-refractivity contribution in [2.24, 2.45) is 0 Å². The van der Waals surface area contributed by atoms with E-state index in [4.69, 9.17) is 12.2 Å². The molecule has 5 heterocycles. The molecule has 7 heteroatoms. The number of pyridine rings is 3. The molecule has 0 aliphatic carbocycles. The van der Waals surface area contributed by atoms with Crippen LogP contribution >= 0.6 is 12.2 Å². The molecule has 4 aromatic rings. The SMILES string of the molecule is Cc1ccnc(-n2c(C)cc([C@@H]3[C@H](c4ccccn4)NC(=S)N3Cc3ccncc3)c2C)c1. The maximum Gasteiger partial charge on any atom is 0.170 e. The third-order valence-corrected chi connectivity index (χ3v) is 6.57. The summed E-state index contributed by atoms with van der Waals surface area (Å²) >= 11 is 5.84. The van der Waals surface area contributed by atoms with Crippen molar-refractivity contribution in [3.63, 3.8) is 0 Å². The van der Waals surface area contributed by atoms with E-state index in [1.54, 1.807) is 0 Å². The minimum absolute atomic E-state index is 0.00896. The lowest BCUT2D eigenvalue weighted by atomic mass is 9.96. The lowest BCUT2D eigenvalue weighted by molar-refractivity contribution is 0.310. The van der Waals surface area contributed by atoms with Gasteiger partial charge in [0.05, 0.1) is 17.8 Å². The van der Waals surface area contributed by atoms with E-state index in [9.17, 15) is 0 Å². The monoisotopic (exact) mass is 454 g/mol. The molecule has 6 nitrogen and oxygen atoms in total. The Morgan fingerprint density at radius 2 is 1.76 bits per heavy atom. The van der Waals surface area contributed by atoms with E-state index < -0.39 is 0 Å². The topological polar surface area (TPSA) is 58.9 Å². The van der Waals surface area contributed by atoms with Crippen molar-refractivity contribution in [3.05, 3.63) is 107 Å². The Bertz CT molecular complexity index is 1280. The van der Waals surface area contributed by atoms with Crippen LogP contribution in [-0.2, 0) is 6.54 Å². The second-order valence-corrected chi connectivity index (χ2v) is 8.85. The number of hydrogen-bond donors (Lipinski definition) is 1. The van der Waals surface area contributed by atoms with Gasteiger partial charge in [0.2, 0.25) is 0 Å². The summed E-state index contributed by atoms with van der Waals surface area (Å²) in [6, 6.07) is 16.4. The highest BCUT2D eigenvalue weighted by Gasteiger charge is 2.41. The van der Waals surface area contributed by atoms with Gasteiger partial charge in [-0.25, -0.2) is 4.98 Å². The molecule has 1 aliphatic rings. The van der Waals surface area contributed by atoms with Crippen molar-refractivity contribution in [3.8, 4) is 5.82 Å². The third kappa shape index (κ3) is 4.00. The lowest BCUT2D eigenvalue weighted by Gasteiger charge is -2.28. The summed E-state index contributed by atoms with van der Waals surface area (Å²) < 4.78 is 2.23. The van der Waals surface area contributed by atoms with Crippen LogP contribution in [0.5, 0.6) is 0 Å². The number of nitrogens with zero attached hydrogens (tertiary/aromatic N) is 5. The van der Waals surface area contributed by atoms with Crippen LogP contribution in [0.2, 0.25) is 0 Å². The number of rotatable bonds is 5. The molecule has 0 unspecified atom stereocenters. The van der Waals surface area contributed by atoms with Crippen LogP contribution < -0.4 is 5.32 Å². The fourth-order valence-electron chi connectivity index (χ4n) is 4.68. The summed E-state index contributed by atoms with van der Waals surface area (Å²) in [5.74, 6) is 0.930. The van der Waals surface area contributed by atoms with Gasteiger partial charge in [-0.2, -0.15) is 0 Å². The van der Waals surface area contributed by atoms with Crippen molar-refractivity contribution in [2.45, 2.75) is 39.4 Å². The number of aryl methyl sites for hydroxylation is 2. The van der Waals surface area contributed by atoms with Gasteiger partial charge in [0, 0.05) is 42.7 Å². The first-order valence-electron chi connectivity index (χ1n) is 11.0. The molecule has 0 aromatic carbocycles. The van der Waals surface area contributed by atoms with Crippen LogP contribution in [0.15, 0.2) is 73.3 Å². The third-order valence-electron chi connectivity index (χ3n) is 6.22. The molecule has 1 N–H and O–H groups in total. The van der Waals surface area contributed by atoms with Crippen LogP contribution in [0.25, 0.3) is 5.82 Å². The summed E-state index contributed by atoms with van der Waals surface area (Å²) in [6.45, 7) is 7.07. The molecule has 0 amide bonds. The summed E-state index contributed by atoms with van der Waals surface area (Å²) in [4.78, 5) is 15.7. The maximum absolute atomic E-state index is 5.84. The van der Waals surface area contributed by atoms with Gasteiger partial charge in [0.15, 0.2) is 5.11 Å². The average molecular weight is 455 g/mol. The lowest BCUT2D eigenvalue weighted by Crippen LogP contribution is -2.29. The number of nitrogens with one attached hydrogen (secondary N) is 1. The molecule has 33 heavy (non-hydrogen) atoms. The number of aromatic nitrogens is 4. The van der Waals surface area contributed by atoms with Crippen LogP contribution in [0.4, 0.5) is 0 Å². The number of hydrogen-bond acceptors (Lipinski definition) is 4. The molecule has 5 rings (SSSR count). The molecule has 2 atom stereocenters. The van der Waals surface area contributed by atoms with E-state index in [-0.39, 0.29) is 12.1 Å². The normalized spacial score (nSPS) is 17.9. The summed E-state index contributed by atoms with van der Waals surface area (Å²) in [6.07, 6.45) is 7.34. The maximum atomic E-state index is 5.84. The Hall–Kier alpha value is -3.58. The fraction of sp³-hybridized carbons (Fsp3) is 0.231. The van der Waals surface area contributed by atoms with Gasteiger partial charge in [-0.05, 0) is 92.1 Å². The van der Waals surface area contributed by atoms with Crippen molar-refractivity contribution >= 4 is 17.3 Å². The van der Waals surface area contributed by atoms with Gasteiger partial charge in [-0.15, -0.1) is 0 Å². The van der Waals surface area contributed by atoms with E-state index in [1.807, 2.05) is 55.1 Å². The van der Waals surface area contributed by atoms with Crippen LogP contribution in [0.3, 0.4) is 0 Å². The van der Waals surface area contributed by atoms with Crippen LogP contribution in [0.1, 0.15) is 45.9 Å². The molecular formula is C26H26N6S. The highest BCUT2D eigenvalue weighted by Crippen LogP contribution is 2.42. The Morgan fingerprint density at radius 3 is 2.48 bits per heavy atom. The Morgan fingerprint density at radius 1 is 0.939 bits per heavy atom. The second kappa shape index (κ2) is 8.75. The average Bonchev–Trinajstić information content (AvgIpc) is 3.30. The second-order valence-electron chi connectivity index (χ2n) is 8.46. The van der Waals surface area contributed by atoms with E-state index in [1.165, 1.54) is 11.1 Å². The van der Waals surface area contributed by atoms with Gasteiger partial charge in [0.1, 0.15) is 5.82 Å². The van der Waals surface area contributed by atoms with Crippen molar-refractivity contribution < 1.29 is 0 Å². The van der Waals surface area contributed by atoms with Gasteiger partial charge in [-0.1, -0.05) is 6.07 Å². The molecule has 0 bridgehead atoms. The fourth-order valence-corrected chi connectivity index (χ4v) is 4.99. The smallest absolute Gasteiger partial charge is 0.170 e. The molecule has 1 saturated heterocycles. The van der Waals surface area contributed by atoms with Gasteiger partial charge in [-0.3, -0.25) is 9.97 Å². The zero-order chi connectivity index (χ0) is 22.9. The van der Waals surface area contributed by atoms with Crippen LogP contribution in [-0.4, -0.2) is 29.5 Å². The van der Waals surface area contributed by atoms with Crippen molar-refractivity contribution in [1.82, 2.24) is 29.7 Å². The molecule has 1 aliphatic heterocycles. The standard InChI is InChI=1S/C26H26N6S/c1-17-7-13-29-23(14-17)32-18(2)15-21(19(32)3)25-24(22-6-4-5-10-28-22)30-26(33)31(25)16-20-8-11-27-12-9-20/h4-15,24-25H,16H2,1-3H3,(H,30,33)/t24-,25+/m0/s1. The van der Waals surface area contributed by atoms with Crippen LogP contribution in [0, 0.1) is 20.8 Å². The molecule has 4 aromatic heterocycles.